The zero-order valence-electron chi connectivity index (χ0n) is 9.00. The number of hydrogen-bond acceptors (Lipinski definition) is 2. The van der Waals surface area contributed by atoms with Gasteiger partial charge >= 0.3 is 0 Å². The average molecular weight is 200 g/mol. The van der Waals surface area contributed by atoms with Crippen molar-refractivity contribution in [2.75, 3.05) is 20.3 Å². The van der Waals surface area contributed by atoms with E-state index in [-0.39, 0.29) is 0 Å². The first kappa shape index (κ1) is 9.84. The lowest BCUT2D eigenvalue weighted by molar-refractivity contribution is 0.318. The summed E-state index contributed by atoms with van der Waals surface area (Å²) >= 11 is 0. The van der Waals surface area contributed by atoms with E-state index < -0.39 is 0 Å². The van der Waals surface area contributed by atoms with Gasteiger partial charge < -0.3 is 9.80 Å². The van der Waals surface area contributed by atoms with Gasteiger partial charge in [-0.15, -0.1) is 0 Å². The Hall–Kier alpha value is -1.70. The quantitative estimate of drug-likeness (QED) is 0.739. The molecule has 0 aliphatic carbocycles. The summed E-state index contributed by atoms with van der Waals surface area (Å²) in [5.74, 6) is 0. The SMILES string of the molecule is CN1C=CN(C/C=C/c2ccccc2)C1. The van der Waals surface area contributed by atoms with Crippen molar-refractivity contribution in [2.45, 2.75) is 0 Å². The molecular formula is C13H16N2. The van der Waals surface area contributed by atoms with Crippen LogP contribution in [0.3, 0.4) is 0 Å². The van der Waals surface area contributed by atoms with E-state index in [2.05, 4.69) is 65.7 Å². The summed E-state index contributed by atoms with van der Waals surface area (Å²) in [5, 5.41) is 0. The second-order valence-corrected chi connectivity index (χ2v) is 3.78. The van der Waals surface area contributed by atoms with Crippen LogP contribution < -0.4 is 0 Å². The monoisotopic (exact) mass is 200 g/mol. The molecule has 0 spiro atoms. The van der Waals surface area contributed by atoms with Gasteiger partial charge in [0.05, 0.1) is 6.67 Å². The van der Waals surface area contributed by atoms with Crippen molar-refractivity contribution in [2.24, 2.45) is 0 Å². The first-order chi connectivity index (χ1) is 7.34. The van der Waals surface area contributed by atoms with Crippen LogP contribution in [0.5, 0.6) is 0 Å². The van der Waals surface area contributed by atoms with Crippen LogP contribution in [-0.2, 0) is 0 Å². The van der Waals surface area contributed by atoms with Gasteiger partial charge in [0.1, 0.15) is 0 Å². The number of hydrogen-bond donors (Lipinski definition) is 0. The van der Waals surface area contributed by atoms with Crippen molar-refractivity contribution in [1.82, 2.24) is 9.80 Å². The van der Waals surface area contributed by atoms with Gasteiger partial charge in [-0.1, -0.05) is 42.5 Å². The maximum atomic E-state index is 2.26. The molecule has 0 saturated carbocycles. The van der Waals surface area contributed by atoms with Gasteiger partial charge in [-0.2, -0.15) is 0 Å². The fourth-order valence-corrected chi connectivity index (χ4v) is 1.60. The summed E-state index contributed by atoms with van der Waals surface area (Å²) in [4.78, 5) is 4.43. The molecule has 0 radical (unpaired) electrons. The molecule has 0 saturated heterocycles. The predicted octanol–water partition coefficient (Wildman–Crippen LogP) is 2.38. The minimum atomic E-state index is 0.968. The Balaban J connectivity index is 1.84. The molecule has 2 nitrogen and oxygen atoms in total. The summed E-state index contributed by atoms with van der Waals surface area (Å²) in [5.41, 5.74) is 1.26. The minimum absolute atomic E-state index is 0.968. The van der Waals surface area contributed by atoms with Gasteiger partial charge in [0.25, 0.3) is 0 Å². The van der Waals surface area contributed by atoms with E-state index in [0.717, 1.165) is 13.2 Å². The van der Waals surface area contributed by atoms with Crippen molar-refractivity contribution in [1.29, 1.82) is 0 Å². The summed E-state index contributed by atoms with van der Waals surface area (Å²) in [7, 11) is 2.08. The highest BCUT2D eigenvalue weighted by molar-refractivity contribution is 5.48. The number of benzene rings is 1. The van der Waals surface area contributed by atoms with E-state index in [9.17, 15) is 0 Å². The lowest BCUT2D eigenvalue weighted by Gasteiger charge is -2.15. The Kier molecular flexibility index (Phi) is 3.08. The molecule has 2 rings (SSSR count). The minimum Gasteiger partial charge on any atom is -0.362 e. The van der Waals surface area contributed by atoms with Crippen LogP contribution in [-0.4, -0.2) is 30.1 Å². The second kappa shape index (κ2) is 4.69. The van der Waals surface area contributed by atoms with Gasteiger partial charge in [0.15, 0.2) is 0 Å². The number of nitrogens with zero attached hydrogens (tertiary/aromatic N) is 2. The molecule has 1 aromatic rings. The van der Waals surface area contributed by atoms with E-state index in [0.29, 0.717) is 0 Å². The van der Waals surface area contributed by atoms with E-state index in [1.165, 1.54) is 5.56 Å². The van der Waals surface area contributed by atoms with Gasteiger partial charge in [-0.25, -0.2) is 0 Å². The van der Waals surface area contributed by atoms with Gasteiger partial charge in [-0.3, -0.25) is 0 Å². The summed E-state index contributed by atoms with van der Waals surface area (Å²) in [6.45, 7) is 1.95. The molecule has 0 N–H and O–H groups in total. The normalized spacial score (nSPS) is 15.5. The molecule has 2 heteroatoms. The maximum Gasteiger partial charge on any atom is 0.0894 e. The zero-order chi connectivity index (χ0) is 10.5. The van der Waals surface area contributed by atoms with Crippen molar-refractivity contribution in [3.8, 4) is 0 Å². The molecule has 1 aliphatic rings. The highest BCUT2D eigenvalue weighted by Gasteiger charge is 2.04. The molecule has 1 aromatic carbocycles. The van der Waals surface area contributed by atoms with Gasteiger partial charge in [0.2, 0.25) is 0 Å². The fourth-order valence-electron chi connectivity index (χ4n) is 1.60. The van der Waals surface area contributed by atoms with Crippen molar-refractivity contribution >= 4 is 6.08 Å². The van der Waals surface area contributed by atoms with Crippen molar-refractivity contribution in [3.05, 3.63) is 54.4 Å². The molecule has 15 heavy (non-hydrogen) atoms. The molecule has 78 valence electrons. The van der Waals surface area contributed by atoms with Crippen LogP contribution in [0.25, 0.3) is 6.08 Å². The Bertz CT molecular complexity index is 354. The smallest absolute Gasteiger partial charge is 0.0894 e. The first-order valence-electron chi connectivity index (χ1n) is 5.19. The molecule has 0 fully saturated rings. The summed E-state index contributed by atoms with van der Waals surface area (Å²) in [6.07, 6.45) is 8.57. The van der Waals surface area contributed by atoms with Crippen LogP contribution in [0, 0.1) is 0 Å². The second-order valence-electron chi connectivity index (χ2n) is 3.78. The first-order valence-corrected chi connectivity index (χ1v) is 5.19. The molecule has 0 unspecified atom stereocenters. The third-order valence-corrected chi connectivity index (χ3v) is 2.39. The van der Waals surface area contributed by atoms with E-state index in [4.69, 9.17) is 0 Å². The topological polar surface area (TPSA) is 6.48 Å². The van der Waals surface area contributed by atoms with Crippen LogP contribution in [0.1, 0.15) is 5.56 Å². The Morgan fingerprint density at radius 3 is 2.67 bits per heavy atom. The van der Waals surface area contributed by atoms with Crippen molar-refractivity contribution in [3.63, 3.8) is 0 Å². The largest absolute Gasteiger partial charge is 0.362 e. The molecule has 0 aromatic heterocycles. The predicted molar refractivity (Wildman–Crippen MR) is 64.0 cm³/mol. The molecule has 0 bridgehead atoms. The Labute approximate surface area is 91.1 Å². The van der Waals surface area contributed by atoms with Crippen LogP contribution >= 0.6 is 0 Å². The van der Waals surface area contributed by atoms with E-state index >= 15 is 0 Å². The van der Waals surface area contributed by atoms with E-state index in [1.54, 1.807) is 0 Å². The van der Waals surface area contributed by atoms with Crippen LogP contribution in [0.15, 0.2) is 48.8 Å². The number of rotatable bonds is 3. The highest BCUT2D eigenvalue weighted by Crippen LogP contribution is 2.05. The van der Waals surface area contributed by atoms with Crippen LogP contribution in [0.4, 0.5) is 0 Å². The van der Waals surface area contributed by atoms with Crippen LogP contribution in [0.2, 0.25) is 0 Å². The third kappa shape index (κ3) is 2.88. The molecule has 1 aliphatic heterocycles. The zero-order valence-corrected chi connectivity index (χ0v) is 9.00. The fraction of sp³-hybridized carbons (Fsp3) is 0.231. The Morgan fingerprint density at radius 2 is 2.00 bits per heavy atom. The van der Waals surface area contributed by atoms with E-state index in [1.807, 2.05) is 6.07 Å². The Morgan fingerprint density at radius 1 is 1.20 bits per heavy atom. The lowest BCUT2D eigenvalue weighted by atomic mass is 10.2. The van der Waals surface area contributed by atoms with Gasteiger partial charge in [-0.05, 0) is 5.56 Å². The maximum absolute atomic E-state index is 2.26. The van der Waals surface area contributed by atoms with Gasteiger partial charge in [0, 0.05) is 26.0 Å². The summed E-state index contributed by atoms with van der Waals surface area (Å²) < 4.78 is 0. The molecule has 0 amide bonds. The molecule has 0 atom stereocenters. The molecular weight excluding hydrogens is 184 g/mol. The highest BCUT2D eigenvalue weighted by atomic mass is 15.3. The standard InChI is InChI=1S/C13H16N2/c1-14-10-11-15(12-14)9-5-8-13-6-3-2-4-7-13/h2-8,10-11H,9,12H2,1H3/b8-5+. The molecule has 1 heterocycles. The summed E-state index contributed by atoms with van der Waals surface area (Å²) in [6, 6.07) is 10.4. The average Bonchev–Trinajstić information content (AvgIpc) is 2.66. The third-order valence-electron chi connectivity index (χ3n) is 2.39. The van der Waals surface area contributed by atoms with Crippen molar-refractivity contribution < 1.29 is 0 Å². The lowest BCUT2D eigenvalue weighted by Crippen LogP contribution is -2.22.